The van der Waals surface area contributed by atoms with Crippen LogP contribution in [0.5, 0.6) is 0 Å². The van der Waals surface area contributed by atoms with E-state index in [9.17, 15) is 26.4 Å². The molecule has 34 heavy (non-hydrogen) atoms. The Balaban J connectivity index is 1.44. The smallest absolute Gasteiger partial charge is 0.339 e. The van der Waals surface area contributed by atoms with Gasteiger partial charge in [-0.1, -0.05) is 12.1 Å². The summed E-state index contributed by atoms with van der Waals surface area (Å²) in [6, 6.07) is 12.3. The van der Waals surface area contributed by atoms with E-state index in [4.69, 9.17) is 0 Å². The van der Waals surface area contributed by atoms with E-state index in [2.05, 4.69) is 4.98 Å². The first-order valence-corrected chi connectivity index (χ1v) is 12.3. The van der Waals surface area contributed by atoms with Crippen molar-refractivity contribution in [1.29, 1.82) is 0 Å². The number of aromatic nitrogens is 2. The SMILES string of the molecule is CN(C)S(=O)(=O)c1ccc(C(=O)N2CCC(Cn3c(C(F)(F)F)nc4ccccc43)CC2)cc1. The van der Waals surface area contributed by atoms with E-state index in [1.807, 2.05) is 0 Å². The predicted molar refractivity (Wildman–Crippen MR) is 121 cm³/mol. The van der Waals surface area contributed by atoms with Gasteiger partial charge in [-0.15, -0.1) is 0 Å². The fraction of sp³-hybridized carbons (Fsp3) is 0.391. The first kappa shape index (κ1) is 24.2. The van der Waals surface area contributed by atoms with E-state index in [1.165, 1.54) is 42.9 Å². The Morgan fingerprint density at radius 3 is 2.26 bits per heavy atom. The van der Waals surface area contributed by atoms with Gasteiger partial charge >= 0.3 is 6.18 Å². The fourth-order valence-electron chi connectivity index (χ4n) is 4.22. The average molecular weight is 495 g/mol. The first-order chi connectivity index (χ1) is 16.0. The molecule has 0 bridgehead atoms. The van der Waals surface area contributed by atoms with Gasteiger partial charge in [-0.3, -0.25) is 4.79 Å². The lowest BCUT2D eigenvalue weighted by Crippen LogP contribution is -2.39. The minimum Gasteiger partial charge on any atom is -0.339 e. The highest BCUT2D eigenvalue weighted by atomic mass is 32.2. The number of halogens is 3. The van der Waals surface area contributed by atoms with E-state index >= 15 is 0 Å². The van der Waals surface area contributed by atoms with Gasteiger partial charge < -0.3 is 9.47 Å². The first-order valence-electron chi connectivity index (χ1n) is 10.8. The number of hydrogen-bond donors (Lipinski definition) is 0. The number of carbonyl (C=O) groups is 1. The van der Waals surface area contributed by atoms with E-state index in [0.29, 0.717) is 42.5 Å². The Bertz CT molecular complexity index is 1290. The van der Waals surface area contributed by atoms with E-state index in [-0.39, 0.29) is 23.3 Å². The van der Waals surface area contributed by atoms with Crippen LogP contribution in [0.1, 0.15) is 29.0 Å². The number of carbonyl (C=O) groups excluding carboxylic acids is 1. The standard InChI is InChI=1S/C23H25F3N4O3S/c1-28(2)34(32,33)18-9-7-17(8-10-18)21(31)29-13-11-16(12-14-29)15-30-20-6-4-3-5-19(20)27-22(30)23(24,25)26/h3-10,16H,11-15H2,1-2H3. The lowest BCUT2D eigenvalue weighted by molar-refractivity contribution is -0.147. The van der Waals surface area contributed by atoms with Gasteiger partial charge in [0.1, 0.15) is 0 Å². The molecule has 0 atom stereocenters. The number of sulfonamides is 1. The highest BCUT2D eigenvalue weighted by molar-refractivity contribution is 7.89. The zero-order chi connectivity index (χ0) is 24.7. The van der Waals surface area contributed by atoms with Gasteiger partial charge in [0.05, 0.1) is 15.9 Å². The largest absolute Gasteiger partial charge is 0.449 e. The molecule has 1 saturated heterocycles. The van der Waals surface area contributed by atoms with E-state index in [1.54, 1.807) is 29.2 Å². The number of benzene rings is 2. The lowest BCUT2D eigenvalue weighted by atomic mass is 9.96. The van der Waals surface area contributed by atoms with Crippen molar-refractivity contribution >= 4 is 27.0 Å². The van der Waals surface area contributed by atoms with Gasteiger partial charge in [-0.25, -0.2) is 17.7 Å². The molecule has 0 N–H and O–H groups in total. The Kier molecular flexibility index (Phi) is 6.43. The quantitative estimate of drug-likeness (QED) is 0.540. The molecular weight excluding hydrogens is 469 g/mol. The molecule has 0 radical (unpaired) electrons. The monoisotopic (exact) mass is 494 g/mol. The maximum absolute atomic E-state index is 13.6. The Hall–Kier alpha value is -2.92. The molecule has 1 amide bonds. The number of para-hydroxylation sites is 2. The van der Waals surface area contributed by atoms with Crippen molar-refractivity contribution in [3.8, 4) is 0 Å². The van der Waals surface area contributed by atoms with Gasteiger partial charge in [-0.2, -0.15) is 13.2 Å². The summed E-state index contributed by atoms with van der Waals surface area (Å²) in [6.07, 6.45) is -3.44. The van der Waals surface area contributed by atoms with Crippen molar-refractivity contribution in [3.63, 3.8) is 0 Å². The van der Waals surface area contributed by atoms with Crippen LogP contribution in [0.2, 0.25) is 0 Å². The molecule has 1 aromatic heterocycles. The fourth-order valence-corrected chi connectivity index (χ4v) is 5.12. The van der Waals surface area contributed by atoms with Gasteiger partial charge in [0, 0.05) is 39.3 Å². The second-order valence-electron chi connectivity index (χ2n) is 8.58. The van der Waals surface area contributed by atoms with Crippen molar-refractivity contribution in [2.45, 2.75) is 30.5 Å². The molecule has 182 valence electrons. The van der Waals surface area contributed by atoms with Crippen LogP contribution < -0.4 is 0 Å². The minimum atomic E-state index is -4.55. The minimum absolute atomic E-state index is 0.0321. The van der Waals surface area contributed by atoms with Crippen LogP contribution in [0, 0.1) is 5.92 Å². The highest BCUT2D eigenvalue weighted by Crippen LogP contribution is 2.33. The number of amides is 1. The number of rotatable bonds is 5. The summed E-state index contributed by atoms with van der Waals surface area (Å²) in [6.45, 7) is 0.999. The van der Waals surface area contributed by atoms with Gasteiger partial charge in [0.2, 0.25) is 15.8 Å². The summed E-state index contributed by atoms with van der Waals surface area (Å²) in [5.74, 6) is -1.16. The van der Waals surface area contributed by atoms with Crippen LogP contribution >= 0.6 is 0 Å². The van der Waals surface area contributed by atoms with Crippen molar-refractivity contribution in [3.05, 3.63) is 59.9 Å². The number of fused-ring (bicyclic) bond motifs is 1. The molecule has 0 saturated carbocycles. The van der Waals surface area contributed by atoms with Crippen LogP contribution in [-0.2, 0) is 22.7 Å². The second-order valence-corrected chi connectivity index (χ2v) is 10.7. The zero-order valence-corrected chi connectivity index (χ0v) is 19.6. The number of alkyl halides is 3. The molecule has 1 fully saturated rings. The molecule has 0 spiro atoms. The van der Waals surface area contributed by atoms with Crippen LogP contribution in [0.15, 0.2) is 53.4 Å². The van der Waals surface area contributed by atoms with Crippen LogP contribution in [0.25, 0.3) is 11.0 Å². The molecule has 0 aliphatic carbocycles. The topological polar surface area (TPSA) is 75.5 Å². The zero-order valence-electron chi connectivity index (χ0n) is 18.8. The molecule has 11 heteroatoms. The van der Waals surface area contributed by atoms with E-state index < -0.39 is 22.0 Å². The van der Waals surface area contributed by atoms with Crippen molar-refractivity contribution < 1.29 is 26.4 Å². The van der Waals surface area contributed by atoms with Gasteiger partial charge in [-0.05, 0) is 55.2 Å². The molecule has 0 unspecified atom stereocenters. The summed E-state index contributed by atoms with van der Waals surface area (Å²) in [4.78, 5) is 18.4. The summed E-state index contributed by atoms with van der Waals surface area (Å²) in [5, 5.41) is 0. The summed E-state index contributed by atoms with van der Waals surface area (Å²) in [7, 11) is -0.719. The molecule has 1 aliphatic rings. The Morgan fingerprint density at radius 2 is 1.68 bits per heavy atom. The lowest BCUT2D eigenvalue weighted by Gasteiger charge is -2.32. The molecule has 3 aromatic rings. The molecular formula is C23H25F3N4O3S. The number of piperidine rings is 1. The third-order valence-corrected chi connectivity index (χ3v) is 7.96. The third kappa shape index (κ3) is 4.67. The number of nitrogens with zero attached hydrogens (tertiary/aromatic N) is 4. The molecule has 2 aromatic carbocycles. The van der Waals surface area contributed by atoms with Gasteiger partial charge in [0.15, 0.2) is 0 Å². The second kappa shape index (κ2) is 9.03. The van der Waals surface area contributed by atoms with Crippen LogP contribution in [0.4, 0.5) is 13.2 Å². The van der Waals surface area contributed by atoms with Crippen molar-refractivity contribution in [2.24, 2.45) is 5.92 Å². The molecule has 1 aliphatic heterocycles. The van der Waals surface area contributed by atoms with Crippen molar-refractivity contribution in [1.82, 2.24) is 18.8 Å². The summed E-state index contributed by atoms with van der Waals surface area (Å²) in [5.41, 5.74) is 1.12. The van der Waals surface area contributed by atoms with Gasteiger partial charge in [0.25, 0.3) is 5.91 Å². The summed E-state index contributed by atoms with van der Waals surface area (Å²) < 4.78 is 67.4. The Morgan fingerprint density at radius 1 is 1.06 bits per heavy atom. The average Bonchev–Trinajstić information content (AvgIpc) is 3.18. The van der Waals surface area contributed by atoms with Crippen LogP contribution in [0.3, 0.4) is 0 Å². The third-order valence-electron chi connectivity index (χ3n) is 6.13. The van der Waals surface area contributed by atoms with E-state index in [0.717, 1.165) is 4.31 Å². The highest BCUT2D eigenvalue weighted by Gasteiger charge is 2.38. The number of hydrogen-bond acceptors (Lipinski definition) is 4. The normalized spacial score (nSPS) is 15.9. The summed E-state index contributed by atoms with van der Waals surface area (Å²) >= 11 is 0. The number of likely N-dealkylation sites (tertiary alicyclic amines) is 1. The molecule has 7 nitrogen and oxygen atoms in total. The maximum Gasteiger partial charge on any atom is 0.449 e. The van der Waals surface area contributed by atoms with Crippen LogP contribution in [-0.4, -0.2) is 60.3 Å². The number of imidazole rings is 1. The molecule has 2 heterocycles. The maximum atomic E-state index is 13.6. The predicted octanol–water partition coefficient (Wildman–Crippen LogP) is 3.86. The Labute approximate surface area is 195 Å². The molecule has 4 rings (SSSR count). The van der Waals surface area contributed by atoms with Crippen molar-refractivity contribution in [2.75, 3.05) is 27.2 Å².